The van der Waals surface area contributed by atoms with Gasteiger partial charge in [-0.1, -0.05) is 11.6 Å². The SMILES string of the molecule is O=C(O)Cc1c[nH]c2c(Cl)c(F)ccc12. The van der Waals surface area contributed by atoms with E-state index in [4.69, 9.17) is 16.7 Å². The first-order valence-electron chi connectivity index (χ1n) is 4.25. The Hall–Kier alpha value is -1.55. The highest BCUT2D eigenvalue weighted by atomic mass is 35.5. The molecule has 0 bridgehead atoms. The maximum Gasteiger partial charge on any atom is 0.307 e. The lowest BCUT2D eigenvalue weighted by molar-refractivity contribution is -0.136. The number of benzene rings is 1. The molecule has 0 atom stereocenters. The van der Waals surface area contributed by atoms with Crippen molar-refractivity contribution in [3.05, 3.63) is 34.7 Å². The van der Waals surface area contributed by atoms with Crippen molar-refractivity contribution in [2.45, 2.75) is 6.42 Å². The Morgan fingerprint density at radius 1 is 1.53 bits per heavy atom. The van der Waals surface area contributed by atoms with Crippen molar-refractivity contribution in [2.75, 3.05) is 0 Å². The van der Waals surface area contributed by atoms with Crippen LogP contribution in [0.4, 0.5) is 4.39 Å². The molecule has 0 spiro atoms. The van der Waals surface area contributed by atoms with Crippen LogP contribution >= 0.6 is 11.6 Å². The zero-order chi connectivity index (χ0) is 11.0. The zero-order valence-electron chi connectivity index (χ0n) is 7.55. The largest absolute Gasteiger partial charge is 0.481 e. The summed E-state index contributed by atoms with van der Waals surface area (Å²) >= 11 is 5.72. The fraction of sp³-hybridized carbons (Fsp3) is 0.100. The molecule has 0 radical (unpaired) electrons. The van der Waals surface area contributed by atoms with Gasteiger partial charge in [0.1, 0.15) is 10.8 Å². The first kappa shape index (κ1) is 9.98. The van der Waals surface area contributed by atoms with Crippen molar-refractivity contribution in [1.29, 1.82) is 0 Å². The molecule has 5 heteroatoms. The third kappa shape index (κ3) is 1.68. The highest BCUT2D eigenvalue weighted by Gasteiger charge is 2.11. The summed E-state index contributed by atoms with van der Waals surface area (Å²) < 4.78 is 13.1. The number of aliphatic carboxylic acids is 1. The number of hydrogen-bond acceptors (Lipinski definition) is 1. The van der Waals surface area contributed by atoms with Gasteiger partial charge in [0.25, 0.3) is 0 Å². The van der Waals surface area contributed by atoms with Crippen molar-refractivity contribution >= 4 is 28.5 Å². The van der Waals surface area contributed by atoms with Gasteiger partial charge >= 0.3 is 5.97 Å². The predicted octanol–water partition coefficient (Wildman–Crippen LogP) is 2.59. The number of carboxylic acids is 1. The molecule has 2 N–H and O–H groups in total. The molecule has 0 aliphatic carbocycles. The maximum atomic E-state index is 13.1. The quantitative estimate of drug-likeness (QED) is 0.829. The number of nitrogens with one attached hydrogen (secondary N) is 1. The fourth-order valence-corrected chi connectivity index (χ4v) is 1.72. The van der Waals surface area contributed by atoms with Crippen LogP contribution in [0.15, 0.2) is 18.3 Å². The number of H-pyrrole nitrogens is 1. The molecule has 1 heterocycles. The van der Waals surface area contributed by atoms with E-state index >= 15 is 0 Å². The minimum Gasteiger partial charge on any atom is -0.481 e. The second-order valence-electron chi connectivity index (χ2n) is 3.17. The first-order chi connectivity index (χ1) is 7.09. The standard InChI is InChI=1S/C10H7ClFNO2/c11-9-7(12)2-1-6-5(3-8(14)15)4-13-10(6)9/h1-2,4,13H,3H2,(H,14,15). The van der Waals surface area contributed by atoms with Gasteiger partial charge in [0, 0.05) is 11.6 Å². The molecule has 1 aromatic heterocycles. The third-order valence-electron chi connectivity index (χ3n) is 2.17. The average molecular weight is 228 g/mol. The number of rotatable bonds is 2. The van der Waals surface area contributed by atoms with Crippen molar-refractivity contribution in [3.63, 3.8) is 0 Å². The summed E-state index contributed by atoms with van der Waals surface area (Å²) in [6.45, 7) is 0. The summed E-state index contributed by atoms with van der Waals surface area (Å²) in [7, 11) is 0. The van der Waals surface area contributed by atoms with Crippen molar-refractivity contribution in [3.8, 4) is 0 Å². The molecule has 0 aliphatic rings. The molecule has 3 nitrogen and oxygen atoms in total. The number of carboxylic acid groups (broad SMARTS) is 1. The predicted molar refractivity (Wildman–Crippen MR) is 54.6 cm³/mol. The normalized spacial score (nSPS) is 10.8. The molecule has 0 saturated heterocycles. The lowest BCUT2D eigenvalue weighted by Gasteiger charge is -1.97. The molecule has 15 heavy (non-hydrogen) atoms. The van der Waals surface area contributed by atoms with Crippen LogP contribution in [-0.2, 0) is 11.2 Å². The Morgan fingerprint density at radius 2 is 2.27 bits per heavy atom. The smallest absolute Gasteiger partial charge is 0.307 e. The Bertz CT molecular complexity index is 535. The number of aromatic nitrogens is 1. The van der Waals surface area contributed by atoms with E-state index in [-0.39, 0.29) is 11.4 Å². The van der Waals surface area contributed by atoms with E-state index in [1.165, 1.54) is 18.3 Å². The molecular weight excluding hydrogens is 221 g/mol. The highest BCUT2D eigenvalue weighted by Crippen LogP contribution is 2.27. The molecule has 78 valence electrons. The molecule has 2 aromatic rings. The van der Waals surface area contributed by atoms with Gasteiger partial charge in [-0.05, 0) is 17.7 Å². The van der Waals surface area contributed by atoms with Crippen molar-refractivity contribution < 1.29 is 14.3 Å². The van der Waals surface area contributed by atoms with Crippen LogP contribution in [0.25, 0.3) is 10.9 Å². The average Bonchev–Trinajstić information content (AvgIpc) is 2.55. The van der Waals surface area contributed by atoms with E-state index in [0.29, 0.717) is 16.5 Å². The van der Waals surface area contributed by atoms with Gasteiger partial charge in [-0.2, -0.15) is 0 Å². The van der Waals surface area contributed by atoms with Crippen LogP contribution in [0.2, 0.25) is 5.02 Å². The number of hydrogen-bond donors (Lipinski definition) is 2. The number of carbonyl (C=O) groups is 1. The molecule has 0 saturated carbocycles. The van der Waals surface area contributed by atoms with Gasteiger partial charge in [-0.3, -0.25) is 4.79 Å². The highest BCUT2D eigenvalue weighted by molar-refractivity contribution is 6.35. The van der Waals surface area contributed by atoms with E-state index in [2.05, 4.69) is 4.98 Å². The van der Waals surface area contributed by atoms with Crippen LogP contribution in [0.1, 0.15) is 5.56 Å². The second kappa shape index (κ2) is 3.55. The number of halogens is 2. The lowest BCUT2D eigenvalue weighted by Crippen LogP contribution is -1.98. The van der Waals surface area contributed by atoms with Gasteiger partial charge < -0.3 is 10.1 Å². The van der Waals surface area contributed by atoms with E-state index in [1.54, 1.807) is 0 Å². The van der Waals surface area contributed by atoms with Crippen LogP contribution < -0.4 is 0 Å². The van der Waals surface area contributed by atoms with Gasteiger partial charge in [0.2, 0.25) is 0 Å². The Labute approximate surface area is 89.5 Å². The fourth-order valence-electron chi connectivity index (χ4n) is 1.51. The minimum absolute atomic E-state index is 0.0101. The summed E-state index contributed by atoms with van der Waals surface area (Å²) in [5.41, 5.74) is 1.03. The van der Waals surface area contributed by atoms with E-state index in [0.717, 1.165) is 0 Å². The lowest BCUT2D eigenvalue weighted by atomic mass is 10.1. The van der Waals surface area contributed by atoms with Gasteiger partial charge in [0.15, 0.2) is 0 Å². The Balaban J connectivity index is 2.61. The van der Waals surface area contributed by atoms with E-state index < -0.39 is 11.8 Å². The van der Waals surface area contributed by atoms with E-state index in [9.17, 15) is 9.18 Å². The Kier molecular flexibility index (Phi) is 2.36. The van der Waals surface area contributed by atoms with Crippen LogP contribution in [0.3, 0.4) is 0 Å². The zero-order valence-corrected chi connectivity index (χ0v) is 8.31. The van der Waals surface area contributed by atoms with Crippen LogP contribution in [0.5, 0.6) is 0 Å². The summed E-state index contributed by atoms with van der Waals surface area (Å²) in [6.07, 6.45) is 1.42. The van der Waals surface area contributed by atoms with Gasteiger partial charge in [-0.25, -0.2) is 4.39 Å². The van der Waals surface area contributed by atoms with Gasteiger partial charge in [-0.15, -0.1) is 0 Å². The summed E-state index contributed by atoms with van der Waals surface area (Å²) in [5.74, 6) is -1.45. The molecule has 2 rings (SSSR count). The molecular formula is C10H7ClFNO2. The molecule has 0 amide bonds. The second-order valence-corrected chi connectivity index (χ2v) is 3.55. The summed E-state index contributed by atoms with van der Waals surface area (Å²) in [6, 6.07) is 2.75. The monoisotopic (exact) mass is 227 g/mol. The van der Waals surface area contributed by atoms with Crippen molar-refractivity contribution in [1.82, 2.24) is 4.98 Å². The van der Waals surface area contributed by atoms with Crippen molar-refractivity contribution in [2.24, 2.45) is 0 Å². The third-order valence-corrected chi connectivity index (χ3v) is 2.54. The molecule has 1 aromatic carbocycles. The minimum atomic E-state index is -0.934. The van der Waals surface area contributed by atoms with Crippen LogP contribution in [0, 0.1) is 5.82 Å². The Morgan fingerprint density at radius 3 is 2.93 bits per heavy atom. The molecule has 0 fully saturated rings. The summed E-state index contributed by atoms with van der Waals surface area (Å²) in [5, 5.41) is 9.28. The van der Waals surface area contributed by atoms with Crippen LogP contribution in [-0.4, -0.2) is 16.1 Å². The molecule has 0 unspecified atom stereocenters. The van der Waals surface area contributed by atoms with E-state index in [1.807, 2.05) is 0 Å². The number of aromatic amines is 1. The maximum absolute atomic E-state index is 13.1. The molecule has 0 aliphatic heterocycles. The topological polar surface area (TPSA) is 53.1 Å². The number of fused-ring (bicyclic) bond motifs is 1. The first-order valence-corrected chi connectivity index (χ1v) is 4.63. The van der Waals surface area contributed by atoms with Gasteiger partial charge in [0.05, 0.1) is 11.9 Å². The summed E-state index contributed by atoms with van der Waals surface area (Å²) in [4.78, 5) is 13.3.